The number of aromatic nitrogens is 3. The first-order chi connectivity index (χ1) is 11.6. The summed E-state index contributed by atoms with van der Waals surface area (Å²) in [6.07, 6.45) is 1.59. The molecule has 0 aliphatic heterocycles. The topological polar surface area (TPSA) is 77.0 Å². The normalized spacial score (nSPS) is 10.8. The van der Waals surface area contributed by atoms with E-state index in [9.17, 15) is 4.79 Å². The SMILES string of the molecule is CCSc1ncc(Br)c(C(=O)Nc2nc3ccc(OC)cc3s2)n1. The van der Waals surface area contributed by atoms with E-state index in [-0.39, 0.29) is 11.6 Å². The van der Waals surface area contributed by atoms with Gasteiger partial charge in [-0.1, -0.05) is 30.0 Å². The van der Waals surface area contributed by atoms with Gasteiger partial charge in [0.2, 0.25) is 0 Å². The number of hydrogen-bond acceptors (Lipinski definition) is 7. The lowest BCUT2D eigenvalue weighted by molar-refractivity contribution is 0.102. The lowest BCUT2D eigenvalue weighted by Gasteiger charge is -2.04. The monoisotopic (exact) mass is 424 g/mol. The van der Waals surface area contributed by atoms with Crippen LogP contribution in [-0.2, 0) is 0 Å². The number of nitrogens with zero attached hydrogens (tertiary/aromatic N) is 3. The predicted molar refractivity (Wildman–Crippen MR) is 100 cm³/mol. The Morgan fingerprint density at radius 3 is 3.00 bits per heavy atom. The molecule has 0 atom stereocenters. The maximum absolute atomic E-state index is 12.5. The van der Waals surface area contributed by atoms with Crippen molar-refractivity contribution in [2.75, 3.05) is 18.2 Å². The van der Waals surface area contributed by atoms with Crippen LogP contribution in [0.4, 0.5) is 5.13 Å². The number of thioether (sulfide) groups is 1. The maximum Gasteiger partial charge on any atom is 0.277 e. The van der Waals surface area contributed by atoms with Gasteiger partial charge in [0.05, 0.1) is 21.8 Å². The lowest BCUT2D eigenvalue weighted by atomic mass is 10.3. The molecule has 0 spiro atoms. The van der Waals surface area contributed by atoms with E-state index < -0.39 is 0 Å². The summed E-state index contributed by atoms with van der Waals surface area (Å²) in [6.45, 7) is 2.01. The largest absolute Gasteiger partial charge is 0.497 e. The van der Waals surface area contributed by atoms with Gasteiger partial charge >= 0.3 is 0 Å². The average molecular weight is 425 g/mol. The Labute approximate surface area is 155 Å². The van der Waals surface area contributed by atoms with Crippen LogP contribution in [0, 0.1) is 0 Å². The minimum absolute atomic E-state index is 0.290. The number of rotatable bonds is 5. The standard InChI is InChI=1S/C15H13BrN4O2S2/c1-3-23-14-17-7-9(16)12(19-14)13(21)20-15-18-10-5-4-8(22-2)6-11(10)24-15/h4-7H,3H2,1-2H3,(H,18,20,21). The zero-order valence-electron chi connectivity index (χ0n) is 12.9. The van der Waals surface area contributed by atoms with E-state index >= 15 is 0 Å². The van der Waals surface area contributed by atoms with Gasteiger partial charge in [-0.2, -0.15) is 0 Å². The molecule has 2 aromatic heterocycles. The molecule has 0 saturated heterocycles. The molecule has 1 amide bonds. The third kappa shape index (κ3) is 3.68. The van der Waals surface area contributed by atoms with Crippen LogP contribution in [-0.4, -0.2) is 33.7 Å². The molecular formula is C15H13BrN4O2S2. The molecule has 0 radical (unpaired) electrons. The number of methoxy groups -OCH3 is 1. The highest BCUT2D eigenvalue weighted by atomic mass is 79.9. The minimum Gasteiger partial charge on any atom is -0.497 e. The summed E-state index contributed by atoms with van der Waals surface area (Å²) in [7, 11) is 1.61. The molecule has 9 heteroatoms. The van der Waals surface area contributed by atoms with Crippen molar-refractivity contribution in [3.63, 3.8) is 0 Å². The summed E-state index contributed by atoms with van der Waals surface area (Å²) in [5, 5.41) is 3.88. The van der Waals surface area contributed by atoms with Crippen LogP contribution in [0.3, 0.4) is 0 Å². The zero-order chi connectivity index (χ0) is 17.1. The van der Waals surface area contributed by atoms with Crippen molar-refractivity contribution < 1.29 is 9.53 Å². The summed E-state index contributed by atoms with van der Waals surface area (Å²) in [5.41, 5.74) is 1.10. The molecule has 0 fully saturated rings. The number of hydrogen-bond donors (Lipinski definition) is 1. The van der Waals surface area contributed by atoms with Crippen molar-refractivity contribution >= 4 is 60.3 Å². The van der Waals surface area contributed by atoms with Crippen molar-refractivity contribution in [1.82, 2.24) is 15.0 Å². The molecule has 124 valence electrons. The van der Waals surface area contributed by atoms with Crippen molar-refractivity contribution in [3.05, 3.63) is 34.6 Å². The van der Waals surface area contributed by atoms with E-state index in [1.54, 1.807) is 13.3 Å². The molecule has 1 N–H and O–H groups in total. The van der Waals surface area contributed by atoms with Gasteiger partial charge in [0.25, 0.3) is 5.91 Å². The number of benzene rings is 1. The van der Waals surface area contributed by atoms with Crippen LogP contribution in [0.5, 0.6) is 5.75 Å². The summed E-state index contributed by atoms with van der Waals surface area (Å²) in [6, 6.07) is 5.58. The van der Waals surface area contributed by atoms with Crippen molar-refractivity contribution in [3.8, 4) is 5.75 Å². The van der Waals surface area contributed by atoms with Gasteiger partial charge in [-0.05, 0) is 39.9 Å². The van der Waals surface area contributed by atoms with E-state index in [0.717, 1.165) is 21.7 Å². The van der Waals surface area contributed by atoms with E-state index in [2.05, 4.69) is 36.2 Å². The second-order valence-corrected chi connectivity index (χ2v) is 7.71. The molecule has 2 heterocycles. The van der Waals surface area contributed by atoms with Crippen molar-refractivity contribution in [1.29, 1.82) is 0 Å². The molecule has 0 aliphatic carbocycles. The van der Waals surface area contributed by atoms with E-state index in [1.807, 2.05) is 25.1 Å². The van der Waals surface area contributed by atoms with E-state index in [1.165, 1.54) is 23.1 Å². The molecule has 24 heavy (non-hydrogen) atoms. The molecule has 0 unspecified atom stereocenters. The van der Waals surface area contributed by atoms with Gasteiger partial charge in [0.15, 0.2) is 10.3 Å². The lowest BCUT2D eigenvalue weighted by Crippen LogP contribution is -2.15. The number of amides is 1. The van der Waals surface area contributed by atoms with Crippen LogP contribution in [0.2, 0.25) is 0 Å². The third-order valence-electron chi connectivity index (χ3n) is 3.03. The second kappa shape index (κ2) is 7.45. The minimum atomic E-state index is -0.326. The summed E-state index contributed by atoms with van der Waals surface area (Å²) >= 11 is 6.18. The smallest absolute Gasteiger partial charge is 0.277 e. The van der Waals surface area contributed by atoms with Crippen molar-refractivity contribution in [2.24, 2.45) is 0 Å². The zero-order valence-corrected chi connectivity index (χ0v) is 16.1. The highest BCUT2D eigenvalue weighted by molar-refractivity contribution is 9.10. The van der Waals surface area contributed by atoms with Crippen LogP contribution in [0.25, 0.3) is 10.2 Å². The van der Waals surface area contributed by atoms with Gasteiger partial charge in [0, 0.05) is 6.20 Å². The molecule has 0 saturated carbocycles. The Kier molecular flexibility index (Phi) is 5.32. The number of nitrogens with one attached hydrogen (secondary N) is 1. The van der Waals surface area contributed by atoms with Gasteiger partial charge < -0.3 is 4.74 Å². The Hall–Kier alpha value is -1.71. The number of carbonyl (C=O) groups excluding carboxylic acids is 1. The number of thiazole rings is 1. The quantitative estimate of drug-likeness (QED) is 0.487. The van der Waals surface area contributed by atoms with Gasteiger partial charge in [-0.15, -0.1) is 0 Å². The Balaban J connectivity index is 1.85. The second-order valence-electron chi connectivity index (χ2n) is 4.59. The number of halogens is 1. The number of carbonyl (C=O) groups is 1. The molecule has 0 bridgehead atoms. The Bertz CT molecular complexity index is 900. The average Bonchev–Trinajstić information content (AvgIpc) is 2.97. The van der Waals surface area contributed by atoms with Crippen LogP contribution in [0.1, 0.15) is 17.4 Å². The predicted octanol–water partition coefficient (Wildman–Crippen LogP) is 4.22. The third-order valence-corrected chi connectivity index (χ3v) is 5.28. The summed E-state index contributed by atoms with van der Waals surface area (Å²) in [5.74, 6) is 1.26. The first kappa shape index (κ1) is 17.1. The Morgan fingerprint density at radius 1 is 1.42 bits per heavy atom. The van der Waals surface area contributed by atoms with Crippen LogP contribution < -0.4 is 10.1 Å². The summed E-state index contributed by atoms with van der Waals surface area (Å²) < 4.78 is 6.68. The maximum atomic E-state index is 12.5. The van der Waals surface area contributed by atoms with Crippen molar-refractivity contribution in [2.45, 2.75) is 12.1 Å². The fourth-order valence-corrected chi connectivity index (χ4v) is 3.75. The van der Waals surface area contributed by atoms with E-state index in [0.29, 0.717) is 14.8 Å². The molecule has 3 aromatic rings. The highest BCUT2D eigenvalue weighted by Crippen LogP contribution is 2.29. The summed E-state index contributed by atoms with van der Waals surface area (Å²) in [4.78, 5) is 25.4. The van der Waals surface area contributed by atoms with Gasteiger partial charge in [-0.3, -0.25) is 10.1 Å². The first-order valence-corrected chi connectivity index (χ1v) is 9.61. The van der Waals surface area contributed by atoms with Crippen LogP contribution >= 0.6 is 39.0 Å². The fourth-order valence-electron chi connectivity index (χ4n) is 1.95. The number of fused-ring (bicyclic) bond motifs is 1. The van der Waals surface area contributed by atoms with Crippen LogP contribution in [0.15, 0.2) is 34.0 Å². The Morgan fingerprint density at radius 2 is 2.25 bits per heavy atom. The number of anilines is 1. The molecule has 0 aliphatic rings. The molecule has 3 rings (SSSR count). The first-order valence-electron chi connectivity index (χ1n) is 7.02. The molecular weight excluding hydrogens is 412 g/mol. The van der Waals surface area contributed by atoms with Gasteiger partial charge in [0.1, 0.15) is 11.4 Å². The highest BCUT2D eigenvalue weighted by Gasteiger charge is 2.16. The molecule has 6 nitrogen and oxygen atoms in total. The number of ether oxygens (including phenoxy) is 1. The van der Waals surface area contributed by atoms with Gasteiger partial charge in [-0.25, -0.2) is 15.0 Å². The molecule has 1 aromatic carbocycles. The fraction of sp³-hybridized carbons (Fsp3) is 0.200. The van der Waals surface area contributed by atoms with E-state index in [4.69, 9.17) is 4.74 Å².